The molecule has 0 unspecified atom stereocenters. The molecular formula is C16H22O3. The van der Waals surface area contributed by atoms with Crippen molar-refractivity contribution in [3.8, 4) is 0 Å². The molecule has 1 aromatic carbocycles. The Morgan fingerprint density at radius 2 is 2.05 bits per heavy atom. The molecule has 0 N–H and O–H groups in total. The van der Waals surface area contributed by atoms with Gasteiger partial charge in [-0.25, -0.2) is 0 Å². The monoisotopic (exact) mass is 262 g/mol. The molecule has 1 saturated heterocycles. The van der Waals surface area contributed by atoms with Gasteiger partial charge in [-0.05, 0) is 5.56 Å². The smallest absolute Gasteiger partial charge is 0.137 e. The molecule has 0 aliphatic carbocycles. The quantitative estimate of drug-likeness (QED) is 0.818. The second-order valence-electron chi connectivity index (χ2n) is 5.82. The Kier molecular flexibility index (Phi) is 4.72. The van der Waals surface area contributed by atoms with E-state index in [9.17, 15) is 4.79 Å². The Labute approximate surface area is 114 Å². The molecule has 1 heterocycles. The third-order valence-electron chi connectivity index (χ3n) is 3.57. The van der Waals surface area contributed by atoms with Crippen molar-refractivity contribution in [1.29, 1.82) is 0 Å². The maximum atomic E-state index is 11.5. The van der Waals surface area contributed by atoms with Crippen LogP contribution in [0.15, 0.2) is 30.3 Å². The highest BCUT2D eigenvalue weighted by atomic mass is 16.5. The van der Waals surface area contributed by atoms with Crippen LogP contribution in [-0.4, -0.2) is 25.1 Å². The minimum Gasteiger partial charge on any atom is -0.377 e. The lowest BCUT2D eigenvalue weighted by atomic mass is 9.83. The predicted octanol–water partition coefficient (Wildman–Crippen LogP) is 2.98. The highest BCUT2D eigenvalue weighted by molar-refractivity contribution is 5.79. The van der Waals surface area contributed by atoms with Gasteiger partial charge in [0.2, 0.25) is 0 Å². The second-order valence-corrected chi connectivity index (χ2v) is 5.82. The van der Waals surface area contributed by atoms with Crippen molar-refractivity contribution in [2.75, 3.05) is 13.2 Å². The molecular weight excluding hydrogens is 240 g/mol. The molecule has 1 atom stereocenters. The van der Waals surface area contributed by atoms with Gasteiger partial charge in [-0.3, -0.25) is 4.79 Å². The lowest BCUT2D eigenvalue weighted by Crippen LogP contribution is -2.40. The van der Waals surface area contributed by atoms with Crippen LogP contribution in [0.25, 0.3) is 0 Å². The van der Waals surface area contributed by atoms with E-state index in [1.165, 1.54) is 5.56 Å². The number of hydrogen-bond acceptors (Lipinski definition) is 3. The van der Waals surface area contributed by atoms with Gasteiger partial charge in [-0.15, -0.1) is 0 Å². The summed E-state index contributed by atoms with van der Waals surface area (Å²) in [5.74, 6) is 0.299. The molecule has 19 heavy (non-hydrogen) atoms. The van der Waals surface area contributed by atoms with Crippen LogP contribution in [0.3, 0.4) is 0 Å². The normalized spacial score (nSPS) is 20.5. The first-order valence-corrected chi connectivity index (χ1v) is 6.83. The topological polar surface area (TPSA) is 35.5 Å². The van der Waals surface area contributed by atoms with Crippen molar-refractivity contribution < 1.29 is 14.3 Å². The van der Waals surface area contributed by atoms with E-state index in [1.54, 1.807) is 0 Å². The zero-order valence-electron chi connectivity index (χ0n) is 11.7. The van der Waals surface area contributed by atoms with E-state index in [4.69, 9.17) is 9.47 Å². The van der Waals surface area contributed by atoms with Crippen molar-refractivity contribution in [2.24, 2.45) is 5.41 Å². The number of benzene rings is 1. The van der Waals surface area contributed by atoms with Crippen molar-refractivity contribution in [1.82, 2.24) is 0 Å². The van der Waals surface area contributed by atoms with E-state index in [2.05, 4.69) is 13.8 Å². The van der Waals surface area contributed by atoms with E-state index < -0.39 is 0 Å². The van der Waals surface area contributed by atoms with Crippen molar-refractivity contribution in [3.05, 3.63) is 35.9 Å². The molecule has 0 saturated carbocycles. The fraction of sp³-hybridized carbons (Fsp3) is 0.562. The van der Waals surface area contributed by atoms with Crippen LogP contribution in [0.4, 0.5) is 0 Å². The molecule has 0 radical (unpaired) electrons. The van der Waals surface area contributed by atoms with Crippen LogP contribution < -0.4 is 0 Å². The van der Waals surface area contributed by atoms with Gasteiger partial charge in [0.15, 0.2) is 0 Å². The standard InChI is InChI=1S/C16H22O3/c1-16(2,15-10-14(17)8-9-19-15)12-18-11-13-6-4-3-5-7-13/h3-7,15H,8-12H2,1-2H3/t15-/m1/s1. The SMILES string of the molecule is CC(C)(COCc1ccccc1)[C@H]1CC(=O)CCO1. The summed E-state index contributed by atoms with van der Waals surface area (Å²) in [6, 6.07) is 10.1. The van der Waals surface area contributed by atoms with Crippen LogP contribution in [0.1, 0.15) is 32.3 Å². The van der Waals surface area contributed by atoms with E-state index in [0.29, 0.717) is 38.4 Å². The first-order valence-electron chi connectivity index (χ1n) is 6.83. The largest absolute Gasteiger partial charge is 0.377 e. The summed E-state index contributed by atoms with van der Waals surface area (Å²) in [5.41, 5.74) is 1.03. The van der Waals surface area contributed by atoms with Crippen LogP contribution >= 0.6 is 0 Å². The summed E-state index contributed by atoms with van der Waals surface area (Å²) in [5, 5.41) is 0. The Balaban J connectivity index is 1.82. The Morgan fingerprint density at radius 1 is 1.32 bits per heavy atom. The molecule has 0 bridgehead atoms. The van der Waals surface area contributed by atoms with Gasteiger partial charge in [0, 0.05) is 18.3 Å². The molecule has 2 rings (SSSR count). The van der Waals surface area contributed by atoms with Crippen LogP contribution in [0.2, 0.25) is 0 Å². The number of carbonyl (C=O) groups excluding carboxylic acids is 1. The predicted molar refractivity (Wildman–Crippen MR) is 73.9 cm³/mol. The van der Waals surface area contributed by atoms with E-state index in [-0.39, 0.29) is 11.5 Å². The fourth-order valence-corrected chi connectivity index (χ4v) is 2.28. The first-order chi connectivity index (χ1) is 9.08. The molecule has 3 heteroatoms. The first kappa shape index (κ1) is 14.2. The Hall–Kier alpha value is -1.19. The maximum absolute atomic E-state index is 11.5. The number of Topliss-reactive ketones (excluding diaryl/α,β-unsaturated/α-hetero) is 1. The van der Waals surface area contributed by atoms with Gasteiger partial charge in [0.05, 0.1) is 25.9 Å². The van der Waals surface area contributed by atoms with Crippen LogP contribution in [0, 0.1) is 5.41 Å². The third-order valence-corrected chi connectivity index (χ3v) is 3.57. The van der Waals surface area contributed by atoms with Gasteiger partial charge in [0.25, 0.3) is 0 Å². The number of hydrogen-bond donors (Lipinski definition) is 0. The summed E-state index contributed by atoms with van der Waals surface area (Å²) >= 11 is 0. The van der Waals surface area contributed by atoms with Gasteiger partial charge >= 0.3 is 0 Å². The molecule has 1 aliphatic rings. The van der Waals surface area contributed by atoms with Crippen molar-refractivity contribution in [3.63, 3.8) is 0 Å². The van der Waals surface area contributed by atoms with E-state index >= 15 is 0 Å². The number of ketones is 1. The fourth-order valence-electron chi connectivity index (χ4n) is 2.28. The third kappa shape index (κ3) is 4.15. The summed E-state index contributed by atoms with van der Waals surface area (Å²) in [7, 11) is 0. The molecule has 1 aromatic rings. The highest BCUT2D eigenvalue weighted by Crippen LogP contribution is 2.29. The number of ether oxygens (including phenoxy) is 2. The lowest BCUT2D eigenvalue weighted by Gasteiger charge is -2.35. The van der Waals surface area contributed by atoms with Gasteiger partial charge in [-0.2, -0.15) is 0 Å². The zero-order valence-corrected chi connectivity index (χ0v) is 11.7. The summed E-state index contributed by atoms with van der Waals surface area (Å²) in [4.78, 5) is 11.5. The van der Waals surface area contributed by atoms with E-state index in [1.807, 2.05) is 30.3 Å². The summed E-state index contributed by atoms with van der Waals surface area (Å²) in [6.45, 7) is 5.94. The average Bonchev–Trinajstić information content (AvgIpc) is 2.40. The molecule has 1 aliphatic heterocycles. The van der Waals surface area contributed by atoms with Gasteiger partial charge in [-0.1, -0.05) is 44.2 Å². The maximum Gasteiger partial charge on any atom is 0.137 e. The second kappa shape index (κ2) is 6.31. The zero-order chi connectivity index (χ0) is 13.7. The molecule has 0 spiro atoms. The molecule has 1 fully saturated rings. The van der Waals surface area contributed by atoms with Gasteiger partial charge in [0.1, 0.15) is 5.78 Å². The van der Waals surface area contributed by atoms with Gasteiger partial charge < -0.3 is 9.47 Å². The Bertz CT molecular complexity index is 411. The molecule has 0 aromatic heterocycles. The number of carbonyl (C=O) groups is 1. The van der Waals surface area contributed by atoms with Crippen LogP contribution in [-0.2, 0) is 20.9 Å². The van der Waals surface area contributed by atoms with Crippen molar-refractivity contribution in [2.45, 2.75) is 39.4 Å². The molecule has 104 valence electrons. The molecule has 3 nitrogen and oxygen atoms in total. The van der Waals surface area contributed by atoms with E-state index in [0.717, 1.165) is 0 Å². The number of rotatable bonds is 5. The van der Waals surface area contributed by atoms with Crippen LogP contribution in [0.5, 0.6) is 0 Å². The van der Waals surface area contributed by atoms with Crippen molar-refractivity contribution >= 4 is 5.78 Å². The highest BCUT2D eigenvalue weighted by Gasteiger charge is 2.34. The Morgan fingerprint density at radius 3 is 2.74 bits per heavy atom. The lowest BCUT2D eigenvalue weighted by molar-refractivity contribution is -0.138. The average molecular weight is 262 g/mol. The summed E-state index contributed by atoms with van der Waals surface area (Å²) in [6.07, 6.45) is 1.05. The minimum absolute atomic E-state index is 0.0236. The minimum atomic E-state index is -0.134. The molecule has 0 amide bonds. The summed E-state index contributed by atoms with van der Waals surface area (Å²) < 4.78 is 11.5.